The Hall–Kier alpha value is -1.82. The van der Waals surface area contributed by atoms with Gasteiger partial charge >= 0.3 is 0 Å². The molecule has 25 heavy (non-hydrogen) atoms. The number of nitrogens with zero attached hydrogens (tertiary/aromatic N) is 3. The van der Waals surface area contributed by atoms with Gasteiger partial charge in [-0.25, -0.2) is 4.98 Å². The molecule has 2 heterocycles. The van der Waals surface area contributed by atoms with Crippen LogP contribution in [0.3, 0.4) is 0 Å². The minimum Gasteiger partial charge on any atom is -0.309 e. The molecule has 1 N–H and O–H groups in total. The highest BCUT2D eigenvalue weighted by Gasteiger charge is 2.28. The number of carbonyl (C=O) groups excluding carboxylic acids is 1. The number of aromatic nitrogens is 3. The molecule has 0 radical (unpaired) electrons. The van der Waals surface area contributed by atoms with E-state index in [0.29, 0.717) is 16.8 Å². The van der Waals surface area contributed by atoms with E-state index in [2.05, 4.69) is 34.2 Å². The summed E-state index contributed by atoms with van der Waals surface area (Å²) in [7, 11) is 0. The van der Waals surface area contributed by atoms with Gasteiger partial charge in [0.2, 0.25) is 11.1 Å². The molecular formula is C19H24N4OS. The molecule has 1 aromatic carbocycles. The number of nitrogens with one attached hydrogen (secondary N) is 1. The van der Waals surface area contributed by atoms with Crippen molar-refractivity contribution in [3.05, 3.63) is 35.7 Å². The van der Waals surface area contributed by atoms with Crippen molar-refractivity contribution in [2.45, 2.75) is 62.6 Å². The van der Waals surface area contributed by atoms with Gasteiger partial charge in [-0.05, 0) is 44.2 Å². The molecule has 6 heteroatoms. The second kappa shape index (κ2) is 7.20. The Kier molecular flexibility index (Phi) is 4.79. The molecule has 0 saturated heterocycles. The van der Waals surface area contributed by atoms with Crippen molar-refractivity contribution in [3.8, 4) is 0 Å². The minimum absolute atomic E-state index is 0.136. The minimum atomic E-state index is 0.136. The standard InChI is InChI=1S/C19H24N4OS/c1-13-10-11-14-6-4-5-9-16(14)23(13)17(24)12-25-19-20-18(21-22-19)15-7-2-3-8-15/h4-6,9,13,15H,2-3,7-8,10-12H2,1H3,(H,20,21,22). The number of thioether (sulfide) groups is 1. The monoisotopic (exact) mass is 356 g/mol. The van der Waals surface area contributed by atoms with E-state index in [0.717, 1.165) is 24.4 Å². The summed E-state index contributed by atoms with van der Waals surface area (Å²) in [5.74, 6) is 2.02. The highest BCUT2D eigenvalue weighted by molar-refractivity contribution is 7.99. The smallest absolute Gasteiger partial charge is 0.237 e. The summed E-state index contributed by atoms with van der Waals surface area (Å²) in [6.45, 7) is 2.13. The fraction of sp³-hybridized carbons (Fsp3) is 0.526. The molecule has 0 bridgehead atoms. The summed E-state index contributed by atoms with van der Waals surface area (Å²) >= 11 is 1.43. The van der Waals surface area contributed by atoms with E-state index < -0.39 is 0 Å². The van der Waals surface area contributed by atoms with Gasteiger partial charge in [0, 0.05) is 17.6 Å². The maximum Gasteiger partial charge on any atom is 0.237 e. The quantitative estimate of drug-likeness (QED) is 0.844. The van der Waals surface area contributed by atoms with Gasteiger partial charge in [0.1, 0.15) is 5.82 Å². The fourth-order valence-corrected chi connectivity index (χ4v) is 4.63. The first kappa shape index (κ1) is 16.6. The number of rotatable bonds is 4. The van der Waals surface area contributed by atoms with Crippen LogP contribution in [-0.4, -0.2) is 32.9 Å². The molecular weight excluding hydrogens is 332 g/mol. The van der Waals surface area contributed by atoms with Crippen LogP contribution in [0.4, 0.5) is 5.69 Å². The molecule has 4 rings (SSSR count). The first-order valence-electron chi connectivity index (χ1n) is 9.17. The van der Waals surface area contributed by atoms with Crippen LogP contribution >= 0.6 is 11.8 Å². The summed E-state index contributed by atoms with van der Waals surface area (Å²) in [6, 6.07) is 8.47. The lowest BCUT2D eigenvalue weighted by Crippen LogP contribution is -2.43. The zero-order chi connectivity index (χ0) is 17.2. The molecule has 1 aromatic heterocycles. The summed E-state index contributed by atoms with van der Waals surface area (Å²) in [6.07, 6.45) is 7.00. The lowest BCUT2D eigenvalue weighted by molar-refractivity contribution is -0.116. The predicted molar refractivity (Wildman–Crippen MR) is 100 cm³/mol. The molecule has 1 aliphatic carbocycles. The van der Waals surface area contributed by atoms with Crippen LogP contribution < -0.4 is 4.90 Å². The Morgan fingerprint density at radius 2 is 2.08 bits per heavy atom. The maximum atomic E-state index is 12.8. The molecule has 1 amide bonds. The first-order chi connectivity index (χ1) is 12.2. The second-order valence-electron chi connectivity index (χ2n) is 7.05. The molecule has 2 aliphatic rings. The molecule has 5 nitrogen and oxygen atoms in total. The highest BCUT2D eigenvalue weighted by Crippen LogP contribution is 2.33. The van der Waals surface area contributed by atoms with E-state index in [1.54, 1.807) is 0 Å². The van der Waals surface area contributed by atoms with E-state index >= 15 is 0 Å². The van der Waals surface area contributed by atoms with E-state index in [1.165, 1.54) is 43.0 Å². The van der Waals surface area contributed by atoms with Gasteiger partial charge in [-0.2, -0.15) is 0 Å². The third-order valence-corrected chi connectivity index (χ3v) is 6.17. The van der Waals surface area contributed by atoms with E-state index in [9.17, 15) is 4.79 Å². The fourth-order valence-electron chi connectivity index (χ4n) is 3.97. The summed E-state index contributed by atoms with van der Waals surface area (Å²) in [4.78, 5) is 19.4. The van der Waals surface area contributed by atoms with Crippen molar-refractivity contribution in [3.63, 3.8) is 0 Å². The van der Waals surface area contributed by atoms with Gasteiger partial charge in [-0.3, -0.25) is 9.89 Å². The summed E-state index contributed by atoms with van der Waals surface area (Å²) in [5, 5.41) is 8.05. The van der Waals surface area contributed by atoms with Gasteiger partial charge in [0.25, 0.3) is 0 Å². The predicted octanol–water partition coefficient (Wildman–Crippen LogP) is 3.92. The highest BCUT2D eigenvalue weighted by atomic mass is 32.2. The number of carbonyl (C=O) groups is 1. The molecule has 132 valence electrons. The van der Waals surface area contributed by atoms with Gasteiger partial charge in [0.15, 0.2) is 0 Å². The Balaban J connectivity index is 1.42. The number of aryl methyl sites for hydroxylation is 1. The van der Waals surface area contributed by atoms with Crippen molar-refractivity contribution >= 4 is 23.4 Å². The van der Waals surface area contributed by atoms with Crippen LogP contribution in [0.25, 0.3) is 0 Å². The average molecular weight is 356 g/mol. The zero-order valence-corrected chi connectivity index (χ0v) is 15.4. The average Bonchev–Trinajstić information content (AvgIpc) is 3.31. The van der Waals surface area contributed by atoms with Crippen LogP contribution in [0, 0.1) is 0 Å². The van der Waals surface area contributed by atoms with Gasteiger partial charge in [-0.15, -0.1) is 5.10 Å². The van der Waals surface area contributed by atoms with Crippen molar-refractivity contribution in [1.29, 1.82) is 0 Å². The van der Waals surface area contributed by atoms with Crippen molar-refractivity contribution in [2.24, 2.45) is 0 Å². The lowest BCUT2D eigenvalue weighted by atomic mass is 9.97. The van der Waals surface area contributed by atoms with Crippen LogP contribution in [-0.2, 0) is 11.2 Å². The van der Waals surface area contributed by atoms with Crippen molar-refractivity contribution < 1.29 is 4.79 Å². The third kappa shape index (κ3) is 3.45. The molecule has 0 spiro atoms. The van der Waals surface area contributed by atoms with Crippen LogP contribution in [0.1, 0.15) is 56.3 Å². The number of fused-ring (bicyclic) bond motifs is 1. The van der Waals surface area contributed by atoms with E-state index in [-0.39, 0.29) is 11.9 Å². The molecule has 1 saturated carbocycles. The number of H-pyrrole nitrogens is 1. The molecule has 2 aromatic rings. The Morgan fingerprint density at radius 1 is 1.28 bits per heavy atom. The van der Waals surface area contributed by atoms with E-state index in [4.69, 9.17) is 0 Å². The largest absolute Gasteiger partial charge is 0.309 e. The van der Waals surface area contributed by atoms with Crippen molar-refractivity contribution in [1.82, 2.24) is 15.2 Å². The summed E-state index contributed by atoms with van der Waals surface area (Å²) < 4.78 is 0. The number of hydrogen-bond acceptors (Lipinski definition) is 4. The Bertz CT molecular complexity index is 753. The number of aromatic amines is 1. The Labute approximate surface area is 152 Å². The van der Waals surface area contributed by atoms with Crippen LogP contribution in [0.5, 0.6) is 0 Å². The lowest BCUT2D eigenvalue weighted by Gasteiger charge is -2.35. The van der Waals surface area contributed by atoms with E-state index in [1.807, 2.05) is 17.0 Å². The number of para-hydroxylation sites is 1. The van der Waals surface area contributed by atoms with Gasteiger partial charge in [0.05, 0.1) is 5.75 Å². The van der Waals surface area contributed by atoms with Crippen molar-refractivity contribution in [2.75, 3.05) is 10.7 Å². The molecule has 1 fully saturated rings. The second-order valence-corrected chi connectivity index (χ2v) is 8.00. The normalized spacial score (nSPS) is 20.7. The third-order valence-electron chi connectivity index (χ3n) is 5.34. The number of hydrogen-bond donors (Lipinski definition) is 1. The SMILES string of the molecule is CC1CCc2ccccc2N1C(=O)CSc1n[nH]c(C2CCCC2)n1. The maximum absolute atomic E-state index is 12.8. The number of amides is 1. The molecule has 1 unspecified atom stereocenters. The number of anilines is 1. The molecule has 1 atom stereocenters. The van der Waals surface area contributed by atoms with Crippen LogP contribution in [0.15, 0.2) is 29.4 Å². The van der Waals surface area contributed by atoms with Gasteiger partial charge in [-0.1, -0.05) is 42.8 Å². The summed E-state index contributed by atoms with van der Waals surface area (Å²) in [5.41, 5.74) is 2.33. The first-order valence-corrected chi connectivity index (χ1v) is 10.2. The number of benzene rings is 1. The topological polar surface area (TPSA) is 61.9 Å². The zero-order valence-electron chi connectivity index (χ0n) is 14.6. The van der Waals surface area contributed by atoms with Gasteiger partial charge < -0.3 is 4.90 Å². The van der Waals surface area contributed by atoms with Crippen LogP contribution in [0.2, 0.25) is 0 Å². The Morgan fingerprint density at radius 3 is 2.92 bits per heavy atom. The molecule has 1 aliphatic heterocycles.